The van der Waals surface area contributed by atoms with Crippen LogP contribution in [-0.2, 0) is 6.42 Å². The zero-order valence-corrected chi connectivity index (χ0v) is 14.9. The van der Waals surface area contributed by atoms with Gasteiger partial charge in [-0.2, -0.15) is 0 Å². The number of fused-ring (bicyclic) bond motifs is 1. The minimum Gasteiger partial charge on any atom is -0.385 e. The highest BCUT2D eigenvalue weighted by atomic mass is 35.5. The Balaban J connectivity index is 0.00000113. The molecule has 5 nitrogen and oxygen atoms in total. The lowest BCUT2D eigenvalue weighted by atomic mass is 10.1. The van der Waals surface area contributed by atoms with E-state index in [-0.39, 0.29) is 24.8 Å². The van der Waals surface area contributed by atoms with Gasteiger partial charge in [-0.05, 0) is 23.8 Å². The molecule has 0 unspecified atom stereocenters. The van der Waals surface area contributed by atoms with Gasteiger partial charge < -0.3 is 14.7 Å². The predicted molar refractivity (Wildman–Crippen MR) is 103 cm³/mol. The van der Waals surface area contributed by atoms with Crippen LogP contribution in [-0.4, -0.2) is 24.6 Å². The maximum atomic E-state index is 10.4. The Morgan fingerprint density at radius 3 is 2.60 bits per heavy atom. The number of aliphatic hydroxyl groups is 1. The van der Waals surface area contributed by atoms with E-state index in [0.717, 1.165) is 22.3 Å². The van der Waals surface area contributed by atoms with Crippen LogP contribution in [0.15, 0.2) is 67.3 Å². The summed E-state index contributed by atoms with van der Waals surface area (Å²) in [5.74, 6) is 0.589. The molecule has 1 atom stereocenters. The van der Waals surface area contributed by atoms with Crippen LogP contribution in [0.4, 0.5) is 0 Å². The summed E-state index contributed by atoms with van der Waals surface area (Å²) in [7, 11) is 0. The van der Waals surface area contributed by atoms with Gasteiger partial charge in [-0.25, -0.2) is 9.97 Å². The van der Waals surface area contributed by atoms with Crippen molar-refractivity contribution in [2.75, 3.05) is 0 Å². The Labute approximate surface area is 157 Å². The summed E-state index contributed by atoms with van der Waals surface area (Å²) >= 11 is 0. The lowest BCUT2D eigenvalue weighted by molar-refractivity contribution is 0.170. The highest BCUT2D eigenvalue weighted by molar-refractivity contribution is 5.85. The van der Waals surface area contributed by atoms with Gasteiger partial charge in [0.15, 0.2) is 0 Å². The molecular weight excluding hydrogens is 359 g/mol. The number of imidazole rings is 2. The van der Waals surface area contributed by atoms with E-state index >= 15 is 0 Å². The monoisotopic (exact) mass is 376 g/mol. The van der Waals surface area contributed by atoms with Gasteiger partial charge in [-0.15, -0.1) is 24.8 Å². The molecule has 2 heterocycles. The number of halogens is 2. The van der Waals surface area contributed by atoms with Gasteiger partial charge in [0, 0.05) is 24.5 Å². The maximum Gasteiger partial charge on any atom is 0.136 e. The molecule has 0 saturated heterocycles. The second-order valence-electron chi connectivity index (χ2n) is 5.50. The van der Waals surface area contributed by atoms with Crippen molar-refractivity contribution in [2.45, 2.75) is 12.5 Å². The Bertz CT molecular complexity index is 923. The van der Waals surface area contributed by atoms with Crippen LogP contribution in [0.5, 0.6) is 0 Å². The number of rotatable bonds is 4. The van der Waals surface area contributed by atoms with Crippen molar-refractivity contribution in [3.63, 3.8) is 0 Å². The summed E-state index contributed by atoms with van der Waals surface area (Å²) in [5, 5.41) is 10.4. The Morgan fingerprint density at radius 2 is 1.88 bits per heavy atom. The second kappa shape index (κ2) is 8.16. The van der Waals surface area contributed by atoms with Crippen LogP contribution in [0.3, 0.4) is 0 Å². The molecule has 0 spiro atoms. The fourth-order valence-corrected chi connectivity index (χ4v) is 2.68. The van der Waals surface area contributed by atoms with E-state index in [0.29, 0.717) is 12.2 Å². The number of nitrogens with zero attached hydrogens (tertiary/aromatic N) is 3. The number of H-pyrrole nitrogens is 1. The fourth-order valence-electron chi connectivity index (χ4n) is 2.68. The number of nitrogens with one attached hydrogen (secondary N) is 1. The molecule has 0 saturated carbocycles. The van der Waals surface area contributed by atoms with E-state index in [1.807, 2.05) is 59.3 Å². The van der Waals surface area contributed by atoms with Gasteiger partial charge in [0.2, 0.25) is 0 Å². The van der Waals surface area contributed by atoms with Crippen LogP contribution >= 0.6 is 24.8 Å². The molecule has 0 bridgehead atoms. The van der Waals surface area contributed by atoms with E-state index < -0.39 is 6.10 Å². The number of hydrogen-bond donors (Lipinski definition) is 2. The van der Waals surface area contributed by atoms with Crippen molar-refractivity contribution in [1.29, 1.82) is 0 Å². The fraction of sp³-hybridized carbons (Fsp3) is 0.111. The van der Waals surface area contributed by atoms with E-state index in [1.165, 1.54) is 0 Å². The SMILES string of the molecule is Cl.Cl.O[C@@H](Cc1ccccc1)c1nc2cc(-n3ccnc3)ccc2[nH]1. The molecule has 0 fully saturated rings. The molecule has 0 amide bonds. The topological polar surface area (TPSA) is 66.7 Å². The van der Waals surface area contributed by atoms with Gasteiger partial charge in [0.05, 0.1) is 17.4 Å². The first kappa shape index (κ1) is 19.0. The molecule has 4 aromatic rings. The highest BCUT2D eigenvalue weighted by Gasteiger charge is 2.13. The van der Waals surface area contributed by atoms with Crippen molar-refractivity contribution >= 4 is 35.8 Å². The van der Waals surface area contributed by atoms with Crippen LogP contribution in [0.2, 0.25) is 0 Å². The Kier molecular flexibility index (Phi) is 6.20. The first-order valence-electron chi connectivity index (χ1n) is 7.49. The number of aliphatic hydroxyl groups excluding tert-OH is 1. The molecule has 7 heteroatoms. The predicted octanol–water partition coefficient (Wildman–Crippen LogP) is 3.87. The minimum atomic E-state index is -0.651. The molecule has 130 valence electrons. The van der Waals surface area contributed by atoms with Crippen LogP contribution in [0.25, 0.3) is 16.7 Å². The van der Waals surface area contributed by atoms with E-state index in [4.69, 9.17) is 0 Å². The lowest BCUT2D eigenvalue weighted by Crippen LogP contribution is -2.03. The van der Waals surface area contributed by atoms with Crippen molar-refractivity contribution in [2.24, 2.45) is 0 Å². The third-order valence-electron chi connectivity index (χ3n) is 3.88. The zero-order chi connectivity index (χ0) is 15.6. The summed E-state index contributed by atoms with van der Waals surface area (Å²) in [4.78, 5) is 11.8. The molecule has 25 heavy (non-hydrogen) atoms. The minimum absolute atomic E-state index is 0. The first-order valence-corrected chi connectivity index (χ1v) is 7.49. The zero-order valence-electron chi connectivity index (χ0n) is 13.2. The van der Waals surface area contributed by atoms with Gasteiger partial charge in [-0.3, -0.25) is 0 Å². The molecule has 2 aromatic carbocycles. The molecule has 0 radical (unpaired) electrons. The third-order valence-corrected chi connectivity index (χ3v) is 3.88. The number of hydrogen-bond acceptors (Lipinski definition) is 3. The molecular formula is C18H18Cl2N4O. The summed E-state index contributed by atoms with van der Waals surface area (Å²) in [5.41, 5.74) is 3.82. The molecule has 2 N–H and O–H groups in total. The average molecular weight is 377 g/mol. The smallest absolute Gasteiger partial charge is 0.136 e. The third kappa shape index (κ3) is 4.02. The van der Waals surface area contributed by atoms with Crippen LogP contribution < -0.4 is 0 Å². The molecule has 0 aliphatic heterocycles. The van der Waals surface area contributed by atoms with Gasteiger partial charge in [-0.1, -0.05) is 30.3 Å². The number of benzene rings is 2. The first-order chi connectivity index (χ1) is 11.3. The van der Waals surface area contributed by atoms with Gasteiger partial charge >= 0.3 is 0 Å². The molecule has 4 rings (SSSR count). The summed E-state index contributed by atoms with van der Waals surface area (Å²) in [6.45, 7) is 0. The van der Waals surface area contributed by atoms with Crippen LogP contribution in [0, 0.1) is 0 Å². The number of aromatic amines is 1. The number of aromatic nitrogens is 4. The summed E-state index contributed by atoms with van der Waals surface area (Å²) in [6.07, 6.45) is 5.26. The van der Waals surface area contributed by atoms with Crippen LogP contribution in [0.1, 0.15) is 17.5 Å². The van der Waals surface area contributed by atoms with Gasteiger partial charge in [0.1, 0.15) is 11.9 Å². The quantitative estimate of drug-likeness (QED) is 0.568. The highest BCUT2D eigenvalue weighted by Crippen LogP contribution is 2.21. The van der Waals surface area contributed by atoms with Crippen molar-refractivity contribution in [3.8, 4) is 5.69 Å². The Hall–Kier alpha value is -2.34. The summed E-state index contributed by atoms with van der Waals surface area (Å²) in [6, 6.07) is 15.9. The molecule has 0 aliphatic rings. The van der Waals surface area contributed by atoms with Gasteiger partial charge in [0.25, 0.3) is 0 Å². The lowest BCUT2D eigenvalue weighted by Gasteiger charge is -2.07. The summed E-state index contributed by atoms with van der Waals surface area (Å²) < 4.78 is 1.92. The van der Waals surface area contributed by atoms with Crippen molar-refractivity contribution < 1.29 is 5.11 Å². The average Bonchev–Trinajstić information content (AvgIpc) is 3.24. The van der Waals surface area contributed by atoms with Crippen molar-refractivity contribution in [1.82, 2.24) is 19.5 Å². The van der Waals surface area contributed by atoms with E-state index in [9.17, 15) is 5.11 Å². The second-order valence-corrected chi connectivity index (χ2v) is 5.50. The van der Waals surface area contributed by atoms with Crippen molar-refractivity contribution in [3.05, 3.63) is 78.6 Å². The van der Waals surface area contributed by atoms with E-state index in [1.54, 1.807) is 12.5 Å². The Morgan fingerprint density at radius 1 is 1.08 bits per heavy atom. The standard InChI is InChI=1S/C18H16N4O.2ClH/c23-17(10-13-4-2-1-3-5-13)18-20-15-7-6-14(11-16(15)21-18)22-9-8-19-12-22;;/h1-9,11-12,17,23H,10H2,(H,20,21);2*1H/t17-;;/m0../s1. The molecule has 2 aromatic heterocycles. The normalized spacial score (nSPS) is 11.6. The largest absolute Gasteiger partial charge is 0.385 e. The van der Waals surface area contributed by atoms with E-state index in [2.05, 4.69) is 15.0 Å². The molecule has 0 aliphatic carbocycles. The maximum absolute atomic E-state index is 10.4.